The molecule has 1 aliphatic heterocycles. The largest absolute Gasteiger partial charge is 0.492 e. The number of halogens is 1. The molecule has 0 fully saturated rings. The lowest BCUT2D eigenvalue weighted by atomic mass is 9.89. The summed E-state index contributed by atoms with van der Waals surface area (Å²) in [5, 5.41) is 9.14. The molecule has 2 heterocycles. The third-order valence-corrected chi connectivity index (χ3v) is 7.33. The number of aliphatic carboxylic acids is 1. The fourth-order valence-corrected chi connectivity index (χ4v) is 5.78. The van der Waals surface area contributed by atoms with Crippen LogP contribution >= 0.6 is 0 Å². The molecular weight excluding hydrogens is 473 g/mol. The molecule has 188 valence electrons. The van der Waals surface area contributed by atoms with Gasteiger partial charge in [0.05, 0.1) is 19.2 Å². The summed E-state index contributed by atoms with van der Waals surface area (Å²) in [5.41, 5.74) is 7.59. The molecule has 37 heavy (non-hydrogen) atoms. The number of aryl methyl sites for hydroxylation is 2. The van der Waals surface area contributed by atoms with Gasteiger partial charge in [-0.05, 0) is 78.8 Å². The van der Waals surface area contributed by atoms with Crippen LogP contribution in [-0.2, 0) is 11.2 Å². The van der Waals surface area contributed by atoms with Crippen LogP contribution in [0.5, 0.6) is 11.5 Å². The van der Waals surface area contributed by atoms with Gasteiger partial charge in [-0.1, -0.05) is 12.1 Å². The van der Waals surface area contributed by atoms with Gasteiger partial charge in [0.1, 0.15) is 29.7 Å². The normalized spacial score (nSPS) is 17.8. The lowest BCUT2D eigenvalue weighted by molar-refractivity contribution is -0.137. The van der Waals surface area contributed by atoms with Crippen LogP contribution in [0, 0.1) is 19.7 Å². The summed E-state index contributed by atoms with van der Waals surface area (Å²) in [6.07, 6.45) is 4.15. The van der Waals surface area contributed by atoms with Gasteiger partial charge in [-0.2, -0.15) is 0 Å². The average Bonchev–Trinajstić information content (AvgIpc) is 3.61. The summed E-state index contributed by atoms with van der Waals surface area (Å²) in [6, 6.07) is 13.0. The van der Waals surface area contributed by atoms with E-state index in [1.807, 2.05) is 18.2 Å². The van der Waals surface area contributed by atoms with Crippen molar-refractivity contribution in [3.05, 3.63) is 88.6 Å². The van der Waals surface area contributed by atoms with Gasteiger partial charge in [0.25, 0.3) is 0 Å². The summed E-state index contributed by atoms with van der Waals surface area (Å²) in [4.78, 5) is 15.4. The first-order valence-corrected chi connectivity index (χ1v) is 12.4. The molecule has 0 saturated heterocycles. The molecule has 7 heteroatoms. The third kappa shape index (κ3) is 4.14. The fourth-order valence-electron chi connectivity index (χ4n) is 5.78. The highest BCUT2D eigenvalue weighted by Gasteiger charge is 2.32. The highest BCUT2D eigenvalue weighted by atomic mass is 19.1. The summed E-state index contributed by atoms with van der Waals surface area (Å²) < 4.78 is 32.7. The second-order valence-corrected chi connectivity index (χ2v) is 9.76. The predicted octanol–water partition coefficient (Wildman–Crippen LogP) is 6.78. The molecule has 1 N–H and O–H groups in total. The second kappa shape index (κ2) is 9.07. The molecule has 2 aliphatic rings. The number of nitrogens with zero attached hydrogens (tertiary/aromatic N) is 1. The molecule has 0 amide bonds. The van der Waals surface area contributed by atoms with E-state index in [9.17, 15) is 4.79 Å². The number of fused-ring (bicyclic) bond motifs is 2. The van der Waals surface area contributed by atoms with Gasteiger partial charge in [0.2, 0.25) is 5.89 Å². The van der Waals surface area contributed by atoms with E-state index in [0.717, 1.165) is 38.9 Å². The first-order chi connectivity index (χ1) is 17.9. The van der Waals surface area contributed by atoms with E-state index >= 15 is 4.39 Å². The van der Waals surface area contributed by atoms with Crippen molar-refractivity contribution in [2.24, 2.45) is 0 Å². The van der Waals surface area contributed by atoms with E-state index in [-0.39, 0.29) is 18.2 Å². The highest BCUT2D eigenvalue weighted by molar-refractivity contribution is 5.78. The van der Waals surface area contributed by atoms with Crippen molar-refractivity contribution in [3.8, 4) is 34.1 Å². The average molecular weight is 500 g/mol. The van der Waals surface area contributed by atoms with E-state index in [1.54, 1.807) is 18.5 Å². The van der Waals surface area contributed by atoms with Crippen molar-refractivity contribution >= 4 is 5.97 Å². The van der Waals surface area contributed by atoms with Crippen molar-refractivity contribution in [3.63, 3.8) is 0 Å². The van der Waals surface area contributed by atoms with Crippen molar-refractivity contribution in [1.82, 2.24) is 4.98 Å². The quantitative estimate of drug-likeness (QED) is 0.315. The number of benzene rings is 3. The molecule has 2 atom stereocenters. The number of ether oxygens (including phenoxy) is 2. The number of rotatable bonds is 6. The van der Waals surface area contributed by atoms with Gasteiger partial charge in [-0.3, -0.25) is 4.79 Å². The molecule has 0 unspecified atom stereocenters. The highest BCUT2D eigenvalue weighted by Crippen LogP contribution is 2.45. The first-order valence-electron chi connectivity index (χ1n) is 12.4. The van der Waals surface area contributed by atoms with Crippen LogP contribution in [0.25, 0.3) is 22.6 Å². The summed E-state index contributed by atoms with van der Waals surface area (Å²) in [7, 11) is 0. The Morgan fingerprint density at radius 1 is 1.16 bits per heavy atom. The zero-order valence-corrected chi connectivity index (χ0v) is 20.6. The summed E-state index contributed by atoms with van der Waals surface area (Å²) in [6.45, 7) is 4.44. The molecule has 4 aromatic rings. The Balaban J connectivity index is 1.31. The number of carboxylic acids is 1. The summed E-state index contributed by atoms with van der Waals surface area (Å²) in [5.74, 6) is 0.493. The minimum Gasteiger partial charge on any atom is -0.492 e. The zero-order valence-electron chi connectivity index (χ0n) is 20.6. The molecule has 1 aromatic heterocycles. The monoisotopic (exact) mass is 499 g/mol. The van der Waals surface area contributed by atoms with Crippen LogP contribution in [0.1, 0.15) is 52.7 Å². The second-order valence-electron chi connectivity index (χ2n) is 9.76. The SMILES string of the molecule is Cc1cc(-c2ncco2)cc(C)c1-c1ccc(F)c2c1CC[C@H]2Oc1ccc2c(c1)OC[C@H]2CC(=O)O. The van der Waals surface area contributed by atoms with Crippen LogP contribution in [0.4, 0.5) is 4.39 Å². The first kappa shape index (κ1) is 23.3. The maximum atomic E-state index is 15.2. The molecule has 0 radical (unpaired) electrons. The lowest BCUT2D eigenvalue weighted by Crippen LogP contribution is -2.07. The van der Waals surface area contributed by atoms with Gasteiger partial charge in [0.15, 0.2) is 0 Å². The predicted molar refractivity (Wildman–Crippen MR) is 135 cm³/mol. The van der Waals surface area contributed by atoms with Crippen molar-refractivity contribution in [2.75, 3.05) is 6.61 Å². The van der Waals surface area contributed by atoms with Crippen LogP contribution in [0.3, 0.4) is 0 Å². The Kier molecular flexibility index (Phi) is 5.71. The molecule has 0 saturated carbocycles. The number of carbonyl (C=O) groups is 1. The van der Waals surface area contributed by atoms with E-state index in [0.29, 0.717) is 42.4 Å². The van der Waals surface area contributed by atoms with Gasteiger partial charge in [0, 0.05) is 28.7 Å². The Bertz CT molecular complexity index is 1490. The Morgan fingerprint density at radius 2 is 1.97 bits per heavy atom. The molecule has 6 rings (SSSR count). The Hall–Kier alpha value is -4.13. The topological polar surface area (TPSA) is 81.8 Å². The number of oxazole rings is 1. The minimum atomic E-state index is -0.853. The van der Waals surface area contributed by atoms with Gasteiger partial charge < -0.3 is 19.0 Å². The minimum absolute atomic E-state index is 0.0228. The van der Waals surface area contributed by atoms with Crippen molar-refractivity contribution in [2.45, 2.75) is 45.1 Å². The molecule has 6 nitrogen and oxygen atoms in total. The molecular formula is C30H26FNO5. The number of carboxylic acid groups (broad SMARTS) is 1. The van der Waals surface area contributed by atoms with Crippen molar-refractivity contribution in [1.29, 1.82) is 0 Å². The number of aromatic nitrogens is 1. The number of hydrogen-bond acceptors (Lipinski definition) is 5. The van der Waals surface area contributed by atoms with E-state index in [1.165, 1.54) is 6.07 Å². The molecule has 1 aliphatic carbocycles. The van der Waals surface area contributed by atoms with Crippen molar-refractivity contribution < 1.29 is 28.2 Å². The maximum absolute atomic E-state index is 15.2. The van der Waals surface area contributed by atoms with Crippen LogP contribution in [0.2, 0.25) is 0 Å². The summed E-state index contributed by atoms with van der Waals surface area (Å²) >= 11 is 0. The van der Waals surface area contributed by atoms with E-state index in [4.69, 9.17) is 19.0 Å². The zero-order chi connectivity index (χ0) is 25.7. The third-order valence-electron chi connectivity index (χ3n) is 7.33. The molecule has 0 spiro atoms. The lowest BCUT2D eigenvalue weighted by Gasteiger charge is -2.19. The molecule has 3 aromatic carbocycles. The van der Waals surface area contributed by atoms with Gasteiger partial charge in [-0.15, -0.1) is 0 Å². The standard InChI is InChI=1S/C30H26FNO5/c1-16-11-18(30-32-9-10-35-30)12-17(2)28(16)22-5-7-24(31)29-23(22)6-8-25(29)37-20-3-4-21-19(13-27(33)34)15-36-26(21)14-20/h3-5,7,9-12,14,19,25H,6,8,13,15H2,1-2H3,(H,33,34)/t19-,25-/m1/s1. The van der Waals surface area contributed by atoms with E-state index < -0.39 is 12.1 Å². The van der Waals surface area contributed by atoms with Crippen LogP contribution in [0.15, 0.2) is 59.3 Å². The van der Waals surface area contributed by atoms with Gasteiger partial charge >= 0.3 is 5.97 Å². The van der Waals surface area contributed by atoms with Gasteiger partial charge in [-0.25, -0.2) is 9.37 Å². The smallest absolute Gasteiger partial charge is 0.304 e. The number of hydrogen-bond donors (Lipinski definition) is 1. The Labute approximate surface area is 213 Å². The van der Waals surface area contributed by atoms with E-state index in [2.05, 4.69) is 31.0 Å². The fraction of sp³-hybridized carbons (Fsp3) is 0.267. The maximum Gasteiger partial charge on any atom is 0.304 e. The van der Waals surface area contributed by atoms with Crippen LogP contribution in [-0.4, -0.2) is 22.7 Å². The van der Waals surface area contributed by atoms with Crippen LogP contribution < -0.4 is 9.47 Å². The Morgan fingerprint density at radius 3 is 2.70 bits per heavy atom. The molecule has 0 bridgehead atoms.